The molecule has 0 atom stereocenters. The number of unbranched alkanes of at least 4 members (excludes halogenated alkanes) is 1. The first kappa shape index (κ1) is 21.6. The van der Waals surface area contributed by atoms with Gasteiger partial charge in [0.2, 0.25) is 11.2 Å². The lowest BCUT2D eigenvalue weighted by atomic mass is 9.95. The van der Waals surface area contributed by atoms with Crippen LogP contribution in [0.15, 0.2) is 17.1 Å². The lowest BCUT2D eigenvalue weighted by Crippen LogP contribution is -2.24. The van der Waals surface area contributed by atoms with Crippen LogP contribution >= 0.6 is 0 Å². The predicted molar refractivity (Wildman–Crippen MR) is 107 cm³/mol. The maximum Gasteiger partial charge on any atom is 0.356 e. The van der Waals surface area contributed by atoms with Crippen molar-refractivity contribution in [2.45, 2.75) is 47.1 Å². The molecular weight excluding hydrogens is 362 g/mol. The number of carboxylic acids is 1. The second kappa shape index (κ2) is 8.54. The number of carbonyl (C=O) groups is 1. The van der Waals surface area contributed by atoms with Gasteiger partial charge in [-0.1, -0.05) is 34.1 Å². The number of ether oxygens (including phenoxy) is 3. The van der Waals surface area contributed by atoms with Gasteiger partial charge in [0, 0.05) is 18.3 Å². The van der Waals surface area contributed by atoms with E-state index in [1.54, 1.807) is 16.8 Å². The number of fused-ring (bicyclic) bond motifs is 1. The number of benzene rings is 1. The van der Waals surface area contributed by atoms with E-state index in [0.717, 1.165) is 12.8 Å². The van der Waals surface area contributed by atoms with Crippen molar-refractivity contribution < 1.29 is 24.1 Å². The second-order valence-electron chi connectivity index (χ2n) is 7.90. The molecule has 0 aromatic heterocycles. The largest absolute Gasteiger partial charge is 0.493 e. The summed E-state index contributed by atoms with van der Waals surface area (Å²) in [5.74, 6) is -0.606. The van der Waals surface area contributed by atoms with Crippen LogP contribution in [0.1, 0.15) is 51.0 Å². The van der Waals surface area contributed by atoms with Crippen LogP contribution < -0.4 is 19.6 Å². The third-order valence-corrected chi connectivity index (χ3v) is 4.29. The minimum absolute atomic E-state index is 0.0187. The number of pyridine rings is 1. The van der Waals surface area contributed by atoms with Crippen molar-refractivity contribution in [3.8, 4) is 28.4 Å². The van der Waals surface area contributed by atoms with Gasteiger partial charge in [0.25, 0.3) is 0 Å². The van der Waals surface area contributed by atoms with Gasteiger partial charge >= 0.3 is 5.97 Å². The molecule has 1 aliphatic heterocycles. The highest BCUT2D eigenvalue weighted by Gasteiger charge is 2.29. The Labute approximate surface area is 165 Å². The number of hydrogen-bond donors (Lipinski definition) is 1. The Morgan fingerprint density at radius 1 is 1.14 bits per heavy atom. The molecule has 0 spiro atoms. The van der Waals surface area contributed by atoms with Gasteiger partial charge in [-0.25, -0.2) is 4.79 Å². The van der Waals surface area contributed by atoms with Crippen molar-refractivity contribution in [2.24, 2.45) is 5.41 Å². The SMILES string of the molecule is CCCCOc1c2cc(OC)c(OC)c(=O)c-2cn(CC(C)(C)C)c1C(=O)O. The highest BCUT2D eigenvalue weighted by molar-refractivity contribution is 5.93. The zero-order valence-electron chi connectivity index (χ0n) is 17.4. The van der Waals surface area contributed by atoms with Gasteiger partial charge in [-0.15, -0.1) is 0 Å². The summed E-state index contributed by atoms with van der Waals surface area (Å²) >= 11 is 0. The van der Waals surface area contributed by atoms with E-state index < -0.39 is 5.97 Å². The fourth-order valence-corrected chi connectivity index (χ4v) is 3.09. The summed E-state index contributed by atoms with van der Waals surface area (Å²) in [4.78, 5) is 25.1. The highest BCUT2D eigenvalue weighted by Crippen LogP contribution is 2.40. The van der Waals surface area contributed by atoms with E-state index in [9.17, 15) is 14.7 Å². The molecule has 0 saturated heterocycles. The molecule has 1 N–H and O–H groups in total. The number of aromatic nitrogens is 1. The molecule has 7 nitrogen and oxygen atoms in total. The van der Waals surface area contributed by atoms with Crippen LogP contribution in [0.3, 0.4) is 0 Å². The van der Waals surface area contributed by atoms with E-state index in [1.165, 1.54) is 14.2 Å². The van der Waals surface area contributed by atoms with Crippen LogP contribution in [0.25, 0.3) is 11.1 Å². The number of nitrogens with zero attached hydrogens (tertiary/aromatic N) is 1. The molecule has 0 unspecified atom stereocenters. The summed E-state index contributed by atoms with van der Waals surface area (Å²) in [6.45, 7) is 8.78. The molecule has 0 saturated carbocycles. The van der Waals surface area contributed by atoms with E-state index >= 15 is 0 Å². The van der Waals surface area contributed by atoms with Crippen LogP contribution in [0.5, 0.6) is 17.2 Å². The van der Waals surface area contributed by atoms with E-state index in [1.807, 2.05) is 27.7 Å². The maximum atomic E-state index is 13.0. The van der Waals surface area contributed by atoms with Gasteiger partial charge in [-0.2, -0.15) is 0 Å². The highest BCUT2D eigenvalue weighted by atomic mass is 16.5. The number of aromatic carboxylic acids is 1. The summed E-state index contributed by atoms with van der Waals surface area (Å²) in [7, 11) is 2.83. The first-order valence-corrected chi connectivity index (χ1v) is 9.32. The summed E-state index contributed by atoms with van der Waals surface area (Å²) < 4.78 is 18.0. The molecule has 1 aliphatic carbocycles. The van der Waals surface area contributed by atoms with E-state index in [-0.39, 0.29) is 33.8 Å². The molecule has 7 heteroatoms. The van der Waals surface area contributed by atoms with Crippen LogP contribution in [0.4, 0.5) is 0 Å². The minimum Gasteiger partial charge on any atom is -0.493 e. The molecule has 0 fully saturated rings. The Morgan fingerprint density at radius 2 is 1.82 bits per heavy atom. The minimum atomic E-state index is -1.11. The zero-order chi connectivity index (χ0) is 21.1. The molecule has 28 heavy (non-hydrogen) atoms. The Kier molecular flexibility index (Phi) is 6.59. The molecular formula is C21H29NO6. The fourth-order valence-electron chi connectivity index (χ4n) is 3.09. The van der Waals surface area contributed by atoms with Crippen molar-refractivity contribution in [3.63, 3.8) is 0 Å². The lowest BCUT2D eigenvalue weighted by molar-refractivity contribution is 0.0675. The molecule has 0 bridgehead atoms. The molecule has 0 radical (unpaired) electrons. The Bertz CT molecular complexity index is 878. The second-order valence-corrected chi connectivity index (χ2v) is 7.90. The Hall–Kier alpha value is -2.70. The zero-order valence-corrected chi connectivity index (χ0v) is 17.4. The number of carboxylic acid groups (broad SMARTS) is 1. The van der Waals surface area contributed by atoms with Gasteiger partial charge in [0.05, 0.1) is 26.4 Å². The third kappa shape index (κ3) is 4.40. The average molecular weight is 391 g/mol. The van der Waals surface area contributed by atoms with Gasteiger partial charge < -0.3 is 23.9 Å². The van der Waals surface area contributed by atoms with Crippen molar-refractivity contribution >= 4 is 5.97 Å². The molecule has 0 aromatic carbocycles. The molecule has 0 aromatic rings. The van der Waals surface area contributed by atoms with Crippen molar-refractivity contribution in [1.29, 1.82) is 0 Å². The first-order chi connectivity index (χ1) is 13.1. The normalized spacial score (nSPS) is 11.5. The fraction of sp³-hybridized carbons (Fsp3) is 0.524. The number of methoxy groups -OCH3 is 2. The molecule has 2 aliphatic rings. The van der Waals surface area contributed by atoms with Gasteiger partial charge in [0.1, 0.15) is 0 Å². The van der Waals surface area contributed by atoms with Gasteiger partial charge in [0.15, 0.2) is 17.2 Å². The monoisotopic (exact) mass is 391 g/mol. The molecule has 1 heterocycles. The average Bonchev–Trinajstić information content (AvgIpc) is 2.60. The Morgan fingerprint density at radius 3 is 2.32 bits per heavy atom. The third-order valence-electron chi connectivity index (χ3n) is 4.29. The Balaban J connectivity index is 2.90. The molecule has 154 valence electrons. The topological polar surface area (TPSA) is 87.0 Å². The predicted octanol–water partition coefficient (Wildman–Crippen LogP) is 3.89. The summed E-state index contributed by atoms with van der Waals surface area (Å²) in [6, 6.07) is 1.60. The van der Waals surface area contributed by atoms with Crippen molar-refractivity contribution in [2.75, 3.05) is 20.8 Å². The number of hydrogen-bond acceptors (Lipinski definition) is 5. The van der Waals surface area contributed by atoms with Crippen molar-refractivity contribution in [1.82, 2.24) is 4.57 Å². The summed E-state index contributed by atoms with van der Waals surface area (Å²) in [6.07, 6.45) is 3.24. The van der Waals surface area contributed by atoms with Crippen LogP contribution in [0, 0.1) is 5.41 Å². The van der Waals surface area contributed by atoms with Gasteiger partial charge in [-0.05, 0) is 17.9 Å². The van der Waals surface area contributed by atoms with E-state index in [4.69, 9.17) is 14.2 Å². The van der Waals surface area contributed by atoms with Crippen molar-refractivity contribution in [3.05, 3.63) is 28.2 Å². The quantitative estimate of drug-likeness (QED) is 0.687. The van der Waals surface area contributed by atoms with Crippen LogP contribution in [0.2, 0.25) is 0 Å². The summed E-state index contributed by atoms with van der Waals surface area (Å²) in [5.41, 5.74) is 0.185. The van der Waals surface area contributed by atoms with Crippen LogP contribution in [-0.4, -0.2) is 36.5 Å². The van der Waals surface area contributed by atoms with Crippen LogP contribution in [-0.2, 0) is 6.54 Å². The molecule has 2 rings (SSSR count). The van der Waals surface area contributed by atoms with Gasteiger partial charge in [-0.3, -0.25) is 4.79 Å². The first-order valence-electron chi connectivity index (χ1n) is 9.32. The number of rotatable bonds is 8. The van der Waals surface area contributed by atoms with E-state index in [2.05, 4.69) is 0 Å². The maximum absolute atomic E-state index is 13.0. The summed E-state index contributed by atoms with van der Waals surface area (Å²) in [5, 5.41) is 9.92. The smallest absolute Gasteiger partial charge is 0.356 e. The molecule has 0 amide bonds. The lowest BCUT2D eigenvalue weighted by Gasteiger charge is -2.26. The van der Waals surface area contributed by atoms with E-state index in [0.29, 0.717) is 24.3 Å². The standard InChI is InChI=1S/C21H29NO6/c1-7-8-9-28-18-13-10-15(26-5)19(27-6)17(23)14(13)11-22(12-21(2,3)4)16(18)20(24)25/h10-11H,7-9,12H2,1-6H3,(H,24,25).